The van der Waals surface area contributed by atoms with Gasteiger partial charge in [-0.05, 0) is 18.2 Å². The van der Waals surface area contributed by atoms with Crippen LogP contribution in [0.4, 0.5) is 10.1 Å². The SMILES string of the molecule is COC(=O)c1nn(Cc2ccc(Cl)cc2F)c2cc([N+](=O)[O-])ccc12. The molecule has 0 spiro atoms. The lowest BCUT2D eigenvalue weighted by Gasteiger charge is -2.05. The van der Waals surface area contributed by atoms with Gasteiger partial charge in [0.15, 0.2) is 5.69 Å². The molecule has 0 aliphatic heterocycles. The van der Waals surface area contributed by atoms with Crippen LogP contribution in [0.5, 0.6) is 0 Å². The Balaban J connectivity index is 2.16. The van der Waals surface area contributed by atoms with Gasteiger partial charge >= 0.3 is 5.97 Å². The van der Waals surface area contributed by atoms with Gasteiger partial charge in [0.1, 0.15) is 5.82 Å². The highest BCUT2D eigenvalue weighted by molar-refractivity contribution is 6.30. The van der Waals surface area contributed by atoms with Gasteiger partial charge < -0.3 is 4.74 Å². The monoisotopic (exact) mass is 363 g/mol. The minimum Gasteiger partial charge on any atom is -0.464 e. The van der Waals surface area contributed by atoms with Crippen LogP contribution in [0, 0.1) is 15.9 Å². The Morgan fingerprint density at radius 1 is 1.36 bits per heavy atom. The molecule has 0 N–H and O–H groups in total. The smallest absolute Gasteiger partial charge is 0.359 e. The topological polar surface area (TPSA) is 87.3 Å². The average molecular weight is 364 g/mol. The van der Waals surface area contributed by atoms with E-state index in [0.717, 1.165) is 6.07 Å². The van der Waals surface area contributed by atoms with Crippen molar-refractivity contribution < 1.29 is 18.8 Å². The number of nitro groups is 1. The summed E-state index contributed by atoms with van der Waals surface area (Å²) < 4.78 is 20.1. The van der Waals surface area contributed by atoms with Crippen molar-refractivity contribution in [3.63, 3.8) is 0 Å². The highest BCUT2D eigenvalue weighted by Crippen LogP contribution is 2.26. The fourth-order valence-electron chi connectivity index (χ4n) is 2.46. The third-order valence-corrected chi connectivity index (χ3v) is 3.90. The van der Waals surface area contributed by atoms with Gasteiger partial charge in [-0.1, -0.05) is 17.7 Å². The number of carbonyl (C=O) groups is 1. The molecule has 9 heteroatoms. The lowest BCUT2D eigenvalue weighted by atomic mass is 10.2. The van der Waals surface area contributed by atoms with E-state index in [1.165, 1.54) is 42.1 Å². The lowest BCUT2D eigenvalue weighted by molar-refractivity contribution is -0.384. The van der Waals surface area contributed by atoms with Crippen LogP contribution < -0.4 is 0 Å². The molecule has 0 radical (unpaired) electrons. The van der Waals surface area contributed by atoms with E-state index < -0.39 is 16.7 Å². The molecule has 1 heterocycles. The van der Waals surface area contributed by atoms with E-state index in [1.54, 1.807) is 0 Å². The summed E-state index contributed by atoms with van der Waals surface area (Å²) >= 11 is 5.74. The summed E-state index contributed by atoms with van der Waals surface area (Å²) in [4.78, 5) is 22.4. The lowest BCUT2D eigenvalue weighted by Crippen LogP contribution is -2.07. The number of methoxy groups -OCH3 is 1. The van der Waals surface area contributed by atoms with Gasteiger partial charge in [-0.2, -0.15) is 5.10 Å². The van der Waals surface area contributed by atoms with E-state index in [2.05, 4.69) is 9.84 Å². The summed E-state index contributed by atoms with van der Waals surface area (Å²) in [5.41, 5.74) is 0.434. The highest BCUT2D eigenvalue weighted by atomic mass is 35.5. The number of carbonyl (C=O) groups excluding carboxylic acids is 1. The number of halogens is 2. The molecule has 0 atom stereocenters. The largest absolute Gasteiger partial charge is 0.464 e. The number of fused-ring (bicyclic) bond motifs is 1. The fourth-order valence-corrected chi connectivity index (χ4v) is 2.61. The van der Waals surface area contributed by atoms with E-state index in [9.17, 15) is 19.3 Å². The quantitative estimate of drug-likeness (QED) is 0.401. The molecule has 2 aromatic carbocycles. The number of hydrogen-bond acceptors (Lipinski definition) is 5. The third-order valence-electron chi connectivity index (χ3n) is 3.66. The third kappa shape index (κ3) is 3.16. The zero-order valence-electron chi connectivity index (χ0n) is 12.9. The Hall–Kier alpha value is -3.00. The second kappa shape index (κ2) is 6.48. The molecule has 0 fully saturated rings. The maximum absolute atomic E-state index is 14.0. The molecule has 1 aromatic heterocycles. The first kappa shape index (κ1) is 16.8. The molecule has 0 amide bonds. The summed E-state index contributed by atoms with van der Waals surface area (Å²) in [5.74, 6) is -1.23. The molecule has 3 rings (SSSR count). The van der Waals surface area contributed by atoms with Gasteiger partial charge in [-0.3, -0.25) is 14.8 Å². The number of hydrogen-bond donors (Lipinski definition) is 0. The van der Waals surface area contributed by atoms with E-state index in [4.69, 9.17) is 11.6 Å². The first-order chi connectivity index (χ1) is 11.9. The molecule has 0 aliphatic carbocycles. The van der Waals surface area contributed by atoms with Crippen LogP contribution >= 0.6 is 11.6 Å². The van der Waals surface area contributed by atoms with Crippen LogP contribution in [-0.4, -0.2) is 27.8 Å². The van der Waals surface area contributed by atoms with E-state index in [0.29, 0.717) is 10.9 Å². The zero-order valence-corrected chi connectivity index (χ0v) is 13.7. The van der Waals surface area contributed by atoms with Crippen molar-refractivity contribution in [1.82, 2.24) is 9.78 Å². The van der Waals surface area contributed by atoms with E-state index in [1.807, 2.05) is 0 Å². The summed E-state index contributed by atoms with van der Waals surface area (Å²) in [6.45, 7) is -0.0301. The Bertz CT molecular complexity index is 1000. The van der Waals surface area contributed by atoms with Crippen LogP contribution in [0.25, 0.3) is 10.9 Å². The standard InChI is InChI=1S/C16H11ClFN3O4/c1-25-16(22)15-12-5-4-11(21(23)24)7-14(12)20(19-15)8-9-2-3-10(17)6-13(9)18/h2-7H,8H2,1H3. The predicted octanol–water partition coefficient (Wildman–Crippen LogP) is 3.57. The number of nitrogens with zero attached hydrogens (tertiary/aromatic N) is 3. The second-order valence-electron chi connectivity index (χ2n) is 5.19. The first-order valence-corrected chi connectivity index (χ1v) is 7.45. The van der Waals surface area contributed by atoms with Gasteiger partial charge in [-0.25, -0.2) is 9.18 Å². The maximum Gasteiger partial charge on any atom is 0.359 e. The maximum atomic E-state index is 14.0. The molecule has 128 valence electrons. The summed E-state index contributed by atoms with van der Waals surface area (Å²) in [5, 5.41) is 15.8. The van der Waals surface area contributed by atoms with Gasteiger partial charge in [-0.15, -0.1) is 0 Å². The van der Waals surface area contributed by atoms with Crippen LogP contribution in [0.2, 0.25) is 5.02 Å². The number of esters is 1. The van der Waals surface area contributed by atoms with Crippen molar-refractivity contribution >= 4 is 34.2 Å². The summed E-state index contributed by atoms with van der Waals surface area (Å²) in [6.07, 6.45) is 0. The number of rotatable bonds is 4. The van der Waals surface area contributed by atoms with Crippen LogP contribution in [0.1, 0.15) is 16.1 Å². The molecule has 0 saturated carbocycles. The summed E-state index contributed by atoms with van der Waals surface area (Å²) in [7, 11) is 1.21. The van der Waals surface area contributed by atoms with Crippen LogP contribution in [0.3, 0.4) is 0 Å². The Kier molecular flexibility index (Phi) is 4.37. The van der Waals surface area contributed by atoms with Crippen molar-refractivity contribution in [2.75, 3.05) is 7.11 Å². The van der Waals surface area contributed by atoms with Gasteiger partial charge in [0.25, 0.3) is 5.69 Å². The molecule has 0 unspecified atom stereocenters. The molecule has 7 nitrogen and oxygen atoms in total. The van der Waals surface area contributed by atoms with Crippen molar-refractivity contribution in [3.8, 4) is 0 Å². The molecular weight excluding hydrogens is 353 g/mol. The molecule has 0 bridgehead atoms. The van der Waals surface area contributed by atoms with Crippen LogP contribution in [-0.2, 0) is 11.3 Å². The zero-order chi connectivity index (χ0) is 18.1. The van der Waals surface area contributed by atoms with Crippen molar-refractivity contribution in [3.05, 3.63) is 68.6 Å². The normalized spacial score (nSPS) is 10.8. The molecule has 3 aromatic rings. The minimum atomic E-state index is -0.686. The molecule has 0 saturated heterocycles. The molecule has 25 heavy (non-hydrogen) atoms. The minimum absolute atomic E-state index is 0.00164. The predicted molar refractivity (Wildman–Crippen MR) is 88.2 cm³/mol. The molecule has 0 aliphatic rings. The van der Waals surface area contributed by atoms with Crippen molar-refractivity contribution in [1.29, 1.82) is 0 Å². The Morgan fingerprint density at radius 3 is 2.76 bits per heavy atom. The number of benzene rings is 2. The first-order valence-electron chi connectivity index (χ1n) is 7.08. The molecular formula is C16H11ClFN3O4. The number of non-ortho nitro benzene ring substituents is 1. The second-order valence-corrected chi connectivity index (χ2v) is 5.63. The number of nitro benzene ring substituents is 1. The Labute approximate surface area is 145 Å². The van der Waals surface area contributed by atoms with Crippen LogP contribution in [0.15, 0.2) is 36.4 Å². The highest BCUT2D eigenvalue weighted by Gasteiger charge is 2.21. The van der Waals surface area contributed by atoms with E-state index in [-0.39, 0.29) is 28.5 Å². The summed E-state index contributed by atoms with van der Waals surface area (Å²) in [6, 6.07) is 8.13. The number of ether oxygens (including phenoxy) is 1. The Morgan fingerprint density at radius 2 is 2.12 bits per heavy atom. The van der Waals surface area contributed by atoms with Crippen molar-refractivity contribution in [2.45, 2.75) is 6.54 Å². The fraction of sp³-hybridized carbons (Fsp3) is 0.125. The number of aromatic nitrogens is 2. The van der Waals surface area contributed by atoms with Gasteiger partial charge in [0.05, 0.1) is 24.1 Å². The van der Waals surface area contributed by atoms with Gasteiger partial charge in [0.2, 0.25) is 0 Å². The van der Waals surface area contributed by atoms with Crippen molar-refractivity contribution in [2.24, 2.45) is 0 Å². The van der Waals surface area contributed by atoms with E-state index >= 15 is 0 Å². The van der Waals surface area contributed by atoms with Gasteiger partial charge in [0, 0.05) is 28.1 Å². The average Bonchev–Trinajstić information content (AvgIpc) is 2.94.